The maximum atomic E-state index is 5.58. The molecule has 0 bridgehead atoms. The lowest BCUT2D eigenvalue weighted by Gasteiger charge is -2.31. The highest BCUT2D eigenvalue weighted by molar-refractivity contribution is 4.74. The first kappa shape index (κ1) is 15.9. The molecule has 0 spiro atoms. The van der Waals surface area contributed by atoms with Crippen molar-refractivity contribution in [3.8, 4) is 0 Å². The molecule has 1 unspecified atom stereocenters. The fraction of sp³-hybridized carbons (Fsp3) is 1.00. The molecule has 1 atom stereocenters. The van der Waals surface area contributed by atoms with Crippen LogP contribution in [-0.4, -0.2) is 50.3 Å². The van der Waals surface area contributed by atoms with Crippen LogP contribution in [0.5, 0.6) is 0 Å². The summed E-state index contributed by atoms with van der Waals surface area (Å²) >= 11 is 0. The van der Waals surface area contributed by atoms with E-state index in [1.54, 1.807) is 0 Å². The summed E-state index contributed by atoms with van der Waals surface area (Å²) in [7, 11) is 2.19. The third-order valence-corrected chi connectivity index (χ3v) is 2.83. The Labute approximate surface area is 102 Å². The number of ether oxygens (including phenoxy) is 1. The second-order valence-electron chi connectivity index (χ2n) is 5.02. The molecule has 0 saturated heterocycles. The normalized spacial score (nSPS) is 14.1. The van der Waals surface area contributed by atoms with Gasteiger partial charge < -0.3 is 10.1 Å². The van der Waals surface area contributed by atoms with E-state index >= 15 is 0 Å². The van der Waals surface area contributed by atoms with Crippen LogP contribution in [0.4, 0.5) is 0 Å². The van der Waals surface area contributed by atoms with Crippen LogP contribution in [0.25, 0.3) is 0 Å². The Kier molecular flexibility index (Phi) is 8.90. The van der Waals surface area contributed by atoms with Gasteiger partial charge in [-0.1, -0.05) is 20.8 Å². The molecule has 0 amide bonds. The maximum Gasteiger partial charge on any atom is 0.0596 e. The molecule has 0 aliphatic heterocycles. The Morgan fingerprint density at radius 1 is 1.19 bits per heavy atom. The molecule has 1 N–H and O–H groups in total. The van der Waals surface area contributed by atoms with Crippen molar-refractivity contribution >= 4 is 0 Å². The monoisotopic (exact) mass is 230 g/mol. The number of likely N-dealkylation sites (N-methyl/N-ethyl adjacent to an activating group) is 2. The Hall–Kier alpha value is -0.120. The molecule has 3 nitrogen and oxygen atoms in total. The highest BCUT2D eigenvalue weighted by Crippen LogP contribution is 2.08. The van der Waals surface area contributed by atoms with Gasteiger partial charge in [0.1, 0.15) is 0 Å². The largest absolute Gasteiger partial charge is 0.377 e. The zero-order valence-corrected chi connectivity index (χ0v) is 11.9. The van der Waals surface area contributed by atoms with Crippen molar-refractivity contribution < 1.29 is 4.74 Å². The molecule has 0 heterocycles. The van der Waals surface area contributed by atoms with Crippen LogP contribution >= 0.6 is 0 Å². The first-order chi connectivity index (χ1) is 7.49. The molecule has 0 aliphatic rings. The number of hydrogen-bond acceptors (Lipinski definition) is 3. The van der Waals surface area contributed by atoms with Crippen LogP contribution < -0.4 is 5.32 Å². The van der Waals surface area contributed by atoms with Crippen molar-refractivity contribution in [2.75, 3.05) is 33.3 Å². The quantitative estimate of drug-likeness (QED) is 0.655. The average molecular weight is 230 g/mol. The molecule has 0 aliphatic carbocycles. The van der Waals surface area contributed by atoms with E-state index in [0.717, 1.165) is 26.2 Å². The summed E-state index contributed by atoms with van der Waals surface area (Å²) in [6.07, 6.45) is 0.333. The summed E-state index contributed by atoms with van der Waals surface area (Å²) in [5, 5.41) is 3.43. The van der Waals surface area contributed by atoms with Crippen molar-refractivity contribution in [2.45, 2.75) is 46.8 Å². The minimum Gasteiger partial charge on any atom is -0.377 e. The summed E-state index contributed by atoms with van der Waals surface area (Å²) in [6, 6.07) is 0.593. The van der Waals surface area contributed by atoms with E-state index in [2.05, 4.69) is 51.9 Å². The zero-order chi connectivity index (χ0) is 12.6. The van der Waals surface area contributed by atoms with E-state index in [1.807, 2.05) is 0 Å². The number of nitrogens with zero attached hydrogens (tertiary/aromatic N) is 1. The smallest absolute Gasteiger partial charge is 0.0596 e. The van der Waals surface area contributed by atoms with Crippen molar-refractivity contribution in [1.29, 1.82) is 0 Å². The summed E-state index contributed by atoms with van der Waals surface area (Å²) in [4.78, 5) is 2.40. The molecule has 0 aromatic heterocycles. The molecule has 0 saturated carbocycles. The summed E-state index contributed by atoms with van der Waals surface area (Å²) in [6.45, 7) is 14.8. The molecular formula is C13H30N2O. The second-order valence-corrected chi connectivity index (χ2v) is 5.02. The fourth-order valence-electron chi connectivity index (χ4n) is 1.79. The minimum absolute atomic E-state index is 0.333. The topological polar surface area (TPSA) is 24.5 Å². The Morgan fingerprint density at radius 2 is 1.81 bits per heavy atom. The van der Waals surface area contributed by atoms with E-state index < -0.39 is 0 Å². The van der Waals surface area contributed by atoms with Gasteiger partial charge in [-0.2, -0.15) is 0 Å². The van der Waals surface area contributed by atoms with Crippen LogP contribution in [-0.2, 0) is 4.74 Å². The van der Waals surface area contributed by atoms with E-state index in [-0.39, 0.29) is 0 Å². The summed E-state index contributed by atoms with van der Waals surface area (Å²) in [5.41, 5.74) is 0. The van der Waals surface area contributed by atoms with Crippen molar-refractivity contribution in [2.24, 2.45) is 5.92 Å². The summed E-state index contributed by atoms with van der Waals surface area (Å²) in [5.74, 6) is 0.670. The first-order valence-corrected chi connectivity index (χ1v) is 6.51. The third kappa shape index (κ3) is 7.20. The Bertz CT molecular complexity index is 160. The minimum atomic E-state index is 0.333. The summed E-state index contributed by atoms with van der Waals surface area (Å²) < 4.78 is 5.58. The molecule has 0 aromatic rings. The predicted octanol–water partition coefficient (Wildman–Crippen LogP) is 1.98. The third-order valence-electron chi connectivity index (χ3n) is 2.83. The Balaban J connectivity index is 3.91. The molecule has 98 valence electrons. The molecule has 0 radical (unpaired) electrons. The van der Waals surface area contributed by atoms with Gasteiger partial charge in [-0.25, -0.2) is 0 Å². The predicted molar refractivity (Wildman–Crippen MR) is 70.9 cm³/mol. The number of hydrogen-bond donors (Lipinski definition) is 1. The SMILES string of the molecule is CCNCC(C(C)C)N(C)CCOC(C)C. The lowest BCUT2D eigenvalue weighted by Crippen LogP contribution is -2.44. The van der Waals surface area contributed by atoms with Gasteiger partial charge in [0.15, 0.2) is 0 Å². The van der Waals surface area contributed by atoms with Gasteiger partial charge in [-0.05, 0) is 33.4 Å². The van der Waals surface area contributed by atoms with Gasteiger partial charge in [0, 0.05) is 19.1 Å². The number of nitrogens with one attached hydrogen (secondary N) is 1. The number of rotatable bonds is 9. The van der Waals surface area contributed by atoms with Gasteiger partial charge >= 0.3 is 0 Å². The molecule has 0 aromatic carbocycles. The maximum absolute atomic E-state index is 5.58. The van der Waals surface area contributed by atoms with E-state index in [0.29, 0.717) is 18.1 Å². The lowest BCUT2D eigenvalue weighted by molar-refractivity contribution is 0.0506. The van der Waals surface area contributed by atoms with Crippen molar-refractivity contribution in [1.82, 2.24) is 10.2 Å². The average Bonchev–Trinajstić information content (AvgIpc) is 2.17. The second kappa shape index (κ2) is 8.97. The molecule has 16 heavy (non-hydrogen) atoms. The molecule has 0 fully saturated rings. The van der Waals surface area contributed by atoms with Gasteiger partial charge in [-0.3, -0.25) is 4.90 Å². The van der Waals surface area contributed by atoms with E-state index in [1.165, 1.54) is 0 Å². The van der Waals surface area contributed by atoms with Gasteiger partial charge in [-0.15, -0.1) is 0 Å². The van der Waals surface area contributed by atoms with Crippen LogP contribution in [0, 0.1) is 5.92 Å². The van der Waals surface area contributed by atoms with Crippen LogP contribution in [0.3, 0.4) is 0 Å². The van der Waals surface area contributed by atoms with Gasteiger partial charge in [0.2, 0.25) is 0 Å². The molecule has 3 heteroatoms. The van der Waals surface area contributed by atoms with Gasteiger partial charge in [0.05, 0.1) is 12.7 Å². The molecule has 0 rings (SSSR count). The zero-order valence-electron chi connectivity index (χ0n) is 11.9. The van der Waals surface area contributed by atoms with E-state index in [4.69, 9.17) is 4.74 Å². The fourth-order valence-corrected chi connectivity index (χ4v) is 1.79. The highest BCUT2D eigenvalue weighted by atomic mass is 16.5. The van der Waals surface area contributed by atoms with Gasteiger partial charge in [0.25, 0.3) is 0 Å². The molecular weight excluding hydrogens is 200 g/mol. The lowest BCUT2D eigenvalue weighted by atomic mass is 10.0. The van der Waals surface area contributed by atoms with Crippen LogP contribution in [0.2, 0.25) is 0 Å². The Morgan fingerprint density at radius 3 is 2.25 bits per heavy atom. The van der Waals surface area contributed by atoms with Crippen LogP contribution in [0.1, 0.15) is 34.6 Å². The van der Waals surface area contributed by atoms with Crippen molar-refractivity contribution in [3.63, 3.8) is 0 Å². The van der Waals surface area contributed by atoms with E-state index in [9.17, 15) is 0 Å². The van der Waals surface area contributed by atoms with Crippen molar-refractivity contribution in [3.05, 3.63) is 0 Å². The van der Waals surface area contributed by atoms with Crippen LogP contribution in [0.15, 0.2) is 0 Å². The highest BCUT2D eigenvalue weighted by Gasteiger charge is 2.17. The standard InChI is InChI=1S/C13H30N2O/c1-7-14-10-13(11(2)3)15(6)8-9-16-12(4)5/h11-14H,7-10H2,1-6H3. The first-order valence-electron chi connectivity index (χ1n) is 6.51.